The molecular formula is C17H27N3O3. The maximum atomic E-state index is 11.9. The molecule has 1 aromatic rings. The molecule has 1 aliphatic heterocycles. The Morgan fingerprint density at radius 3 is 2.48 bits per heavy atom. The van der Waals surface area contributed by atoms with Crippen LogP contribution < -0.4 is 15.5 Å². The summed E-state index contributed by atoms with van der Waals surface area (Å²) in [5, 5.41) is 5.65. The van der Waals surface area contributed by atoms with E-state index in [-0.39, 0.29) is 24.3 Å². The molecule has 6 nitrogen and oxygen atoms in total. The smallest absolute Gasteiger partial charge is 0.319 e. The lowest BCUT2D eigenvalue weighted by Gasteiger charge is -2.36. The molecule has 0 spiro atoms. The molecule has 1 saturated heterocycles. The van der Waals surface area contributed by atoms with Gasteiger partial charge in [0, 0.05) is 31.6 Å². The molecule has 2 rings (SSSR count). The number of rotatable bonds is 5. The number of nitrogens with one attached hydrogen (secondary N) is 2. The zero-order chi connectivity index (χ0) is 16.8. The Morgan fingerprint density at radius 2 is 1.91 bits per heavy atom. The fourth-order valence-electron chi connectivity index (χ4n) is 2.83. The third kappa shape index (κ3) is 5.41. The summed E-state index contributed by atoms with van der Waals surface area (Å²) < 4.78 is 10.8. The molecule has 0 bridgehead atoms. The SMILES string of the molecule is COC[C@H](C)NC(=O)Nc1ccc(N2C[C@@H](C)O[C@@H](C)C2)cc1. The van der Waals surface area contributed by atoms with Gasteiger partial charge in [-0.2, -0.15) is 0 Å². The topological polar surface area (TPSA) is 62.8 Å². The van der Waals surface area contributed by atoms with Gasteiger partial charge in [-0.05, 0) is 45.0 Å². The number of hydrogen-bond acceptors (Lipinski definition) is 4. The van der Waals surface area contributed by atoms with Crippen molar-refractivity contribution in [1.82, 2.24) is 5.32 Å². The molecule has 0 unspecified atom stereocenters. The Labute approximate surface area is 138 Å². The normalized spacial score (nSPS) is 22.5. The molecular weight excluding hydrogens is 294 g/mol. The minimum Gasteiger partial charge on any atom is -0.383 e. The molecule has 128 valence electrons. The van der Waals surface area contributed by atoms with Gasteiger partial charge in [-0.25, -0.2) is 4.79 Å². The molecule has 0 radical (unpaired) electrons. The van der Waals surface area contributed by atoms with E-state index >= 15 is 0 Å². The highest BCUT2D eigenvalue weighted by Gasteiger charge is 2.22. The van der Waals surface area contributed by atoms with Crippen LogP contribution in [0.2, 0.25) is 0 Å². The lowest BCUT2D eigenvalue weighted by Crippen LogP contribution is -2.45. The Kier molecular flexibility index (Phi) is 6.24. The third-order valence-electron chi connectivity index (χ3n) is 3.70. The summed E-state index contributed by atoms with van der Waals surface area (Å²) in [7, 11) is 1.61. The minimum absolute atomic E-state index is 0.0319. The third-order valence-corrected chi connectivity index (χ3v) is 3.70. The maximum Gasteiger partial charge on any atom is 0.319 e. The maximum absolute atomic E-state index is 11.9. The molecule has 0 aromatic heterocycles. The summed E-state index contributed by atoms with van der Waals surface area (Å²) in [4.78, 5) is 14.2. The number of amides is 2. The van der Waals surface area contributed by atoms with Gasteiger partial charge in [-0.1, -0.05) is 0 Å². The van der Waals surface area contributed by atoms with E-state index in [0.29, 0.717) is 6.61 Å². The van der Waals surface area contributed by atoms with Gasteiger partial charge in [-0.15, -0.1) is 0 Å². The first-order valence-corrected chi connectivity index (χ1v) is 8.05. The van der Waals surface area contributed by atoms with Crippen LogP contribution in [0, 0.1) is 0 Å². The van der Waals surface area contributed by atoms with Gasteiger partial charge in [0.1, 0.15) is 0 Å². The van der Waals surface area contributed by atoms with E-state index < -0.39 is 0 Å². The predicted octanol–water partition coefficient (Wildman–Crippen LogP) is 2.46. The fourth-order valence-corrected chi connectivity index (χ4v) is 2.83. The van der Waals surface area contributed by atoms with Crippen molar-refractivity contribution < 1.29 is 14.3 Å². The summed E-state index contributed by atoms with van der Waals surface area (Å²) >= 11 is 0. The Bertz CT molecular complexity index is 496. The van der Waals surface area contributed by atoms with Gasteiger partial charge in [0.15, 0.2) is 0 Å². The molecule has 2 amide bonds. The summed E-state index contributed by atoms with van der Waals surface area (Å²) in [5.41, 5.74) is 1.91. The second-order valence-corrected chi connectivity index (χ2v) is 6.16. The minimum atomic E-state index is -0.226. The van der Waals surface area contributed by atoms with Gasteiger partial charge in [0.2, 0.25) is 0 Å². The van der Waals surface area contributed by atoms with Gasteiger partial charge in [0.25, 0.3) is 0 Å². The first kappa shape index (κ1) is 17.6. The number of anilines is 2. The monoisotopic (exact) mass is 321 g/mol. The average molecular weight is 321 g/mol. The van der Waals surface area contributed by atoms with Crippen molar-refractivity contribution in [3.05, 3.63) is 24.3 Å². The average Bonchev–Trinajstić information content (AvgIpc) is 2.47. The van der Waals surface area contributed by atoms with Crippen LogP contribution >= 0.6 is 0 Å². The van der Waals surface area contributed by atoms with Crippen LogP contribution in [0.1, 0.15) is 20.8 Å². The summed E-state index contributed by atoms with van der Waals surface area (Å²) in [6.45, 7) is 8.32. The van der Waals surface area contributed by atoms with Gasteiger partial charge >= 0.3 is 6.03 Å². The second-order valence-electron chi connectivity index (χ2n) is 6.16. The van der Waals surface area contributed by atoms with E-state index in [1.165, 1.54) is 0 Å². The highest BCUT2D eigenvalue weighted by Crippen LogP contribution is 2.22. The van der Waals surface area contributed by atoms with Crippen LogP contribution in [0.4, 0.5) is 16.2 Å². The standard InChI is InChI=1S/C17H27N3O3/c1-12(11-22-4)18-17(21)19-15-5-7-16(8-6-15)20-9-13(2)23-14(3)10-20/h5-8,12-14H,9-11H2,1-4H3,(H2,18,19,21)/t12-,13-,14+/m0/s1. The Balaban J connectivity index is 1.90. The van der Waals surface area contributed by atoms with Crippen molar-refractivity contribution in [2.24, 2.45) is 0 Å². The lowest BCUT2D eigenvalue weighted by molar-refractivity contribution is -0.00521. The first-order valence-electron chi connectivity index (χ1n) is 8.05. The Hall–Kier alpha value is -1.79. The van der Waals surface area contributed by atoms with Crippen LogP contribution in [0.15, 0.2) is 24.3 Å². The van der Waals surface area contributed by atoms with E-state index in [2.05, 4.69) is 29.4 Å². The molecule has 1 heterocycles. The highest BCUT2D eigenvalue weighted by molar-refractivity contribution is 5.89. The lowest BCUT2D eigenvalue weighted by atomic mass is 10.2. The highest BCUT2D eigenvalue weighted by atomic mass is 16.5. The molecule has 1 fully saturated rings. The number of ether oxygens (including phenoxy) is 2. The molecule has 2 N–H and O–H groups in total. The van der Waals surface area contributed by atoms with Crippen molar-refractivity contribution in [2.75, 3.05) is 37.0 Å². The Morgan fingerprint density at radius 1 is 1.30 bits per heavy atom. The van der Waals surface area contributed by atoms with Crippen molar-refractivity contribution in [3.8, 4) is 0 Å². The van der Waals surface area contributed by atoms with E-state index in [9.17, 15) is 4.79 Å². The van der Waals surface area contributed by atoms with E-state index in [1.807, 2.05) is 31.2 Å². The number of carbonyl (C=O) groups is 1. The summed E-state index contributed by atoms with van der Waals surface area (Å²) in [5.74, 6) is 0. The molecule has 1 aliphatic rings. The van der Waals surface area contributed by atoms with Crippen LogP contribution in [-0.4, -0.2) is 51.1 Å². The molecule has 0 saturated carbocycles. The van der Waals surface area contributed by atoms with Crippen molar-refractivity contribution in [1.29, 1.82) is 0 Å². The van der Waals surface area contributed by atoms with E-state index in [4.69, 9.17) is 9.47 Å². The quantitative estimate of drug-likeness (QED) is 0.874. The number of methoxy groups -OCH3 is 1. The van der Waals surface area contributed by atoms with E-state index in [1.54, 1.807) is 7.11 Å². The van der Waals surface area contributed by atoms with Crippen molar-refractivity contribution in [3.63, 3.8) is 0 Å². The fraction of sp³-hybridized carbons (Fsp3) is 0.588. The molecule has 23 heavy (non-hydrogen) atoms. The van der Waals surface area contributed by atoms with Gasteiger partial charge < -0.3 is 25.0 Å². The van der Waals surface area contributed by atoms with Gasteiger partial charge in [0.05, 0.1) is 24.9 Å². The summed E-state index contributed by atoms with van der Waals surface area (Å²) in [6.07, 6.45) is 0.453. The predicted molar refractivity (Wildman–Crippen MR) is 92.2 cm³/mol. The van der Waals surface area contributed by atoms with Crippen LogP contribution in [-0.2, 0) is 9.47 Å². The number of nitrogens with zero attached hydrogens (tertiary/aromatic N) is 1. The van der Waals surface area contributed by atoms with Gasteiger partial charge in [-0.3, -0.25) is 0 Å². The second kappa shape index (κ2) is 8.17. The van der Waals surface area contributed by atoms with Crippen LogP contribution in [0.5, 0.6) is 0 Å². The van der Waals surface area contributed by atoms with Crippen LogP contribution in [0.25, 0.3) is 0 Å². The largest absolute Gasteiger partial charge is 0.383 e. The number of hydrogen-bond donors (Lipinski definition) is 2. The molecule has 6 heteroatoms. The number of morpholine rings is 1. The molecule has 3 atom stereocenters. The molecule has 1 aromatic carbocycles. The number of urea groups is 1. The van der Waals surface area contributed by atoms with Crippen LogP contribution in [0.3, 0.4) is 0 Å². The molecule has 0 aliphatic carbocycles. The van der Waals surface area contributed by atoms with Crippen molar-refractivity contribution in [2.45, 2.75) is 39.0 Å². The van der Waals surface area contributed by atoms with Crippen molar-refractivity contribution >= 4 is 17.4 Å². The number of benzene rings is 1. The van der Waals surface area contributed by atoms with E-state index in [0.717, 1.165) is 24.5 Å². The zero-order valence-electron chi connectivity index (χ0n) is 14.3. The first-order chi connectivity index (χ1) is 11.0. The summed E-state index contributed by atoms with van der Waals surface area (Å²) in [6, 6.07) is 7.63. The zero-order valence-corrected chi connectivity index (χ0v) is 14.3. The number of carbonyl (C=O) groups excluding carboxylic acids is 1.